The van der Waals surface area contributed by atoms with Gasteiger partial charge in [-0.1, -0.05) is 6.07 Å². The molecule has 7 heteroatoms. The number of aromatic carboxylic acids is 1. The number of nitro groups is 1. The van der Waals surface area contributed by atoms with Gasteiger partial charge in [-0.15, -0.1) is 0 Å². The van der Waals surface area contributed by atoms with Gasteiger partial charge in [0.05, 0.1) is 10.5 Å². The van der Waals surface area contributed by atoms with E-state index in [2.05, 4.69) is 0 Å². The average Bonchev–Trinajstić information content (AvgIpc) is 2.35. The fraction of sp³-hybridized carbons (Fsp3) is 0.364. The number of carbonyl (C=O) groups is 1. The summed E-state index contributed by atoms with van der Waals surface area (Å²) in [4.78, 5) is 21.0. The molecule has 0 aromatic heterocycles. The number of benzene rings is 1. The molecule has 0 aliphatic carbocycles. The molecule has 0 aliphatic heterocycles. The SMILES string of the molecule is NCC(CN)Cc1ccc([N+](=O)[O-])cc1C(=O)O. The molecule has 0 heterocycles. The van der Waals surface area contributed by atoms with Gasteiger partial charge in [0, 0.05) is 12.1 Å². The van der Waals surface area contributed by atoms with Crippen LogP contribution >= 0.6 is 0 Å². The lowest BCUT2D eigenvalue weighted by molar-refractivity contribution is -0.384. The third-order valence-electron chi connectivity index (χ3n) is 2.71. The summed E-state index contributed by atoms with van der Waals surface area (Å²) in [6, 6.07) is 3.79. The third-order valence-corrected chi connectivity index (χ3v) is 2.71. The minimum atomic E-state index is -1.19. The molecule has 1 rings (SSSR count). The van der Waals surface area contributed by atoms with Crippen LogP contribution in [-0.4, -0.2) is 29.1 Å². The summed E-state index contributed by atoms with van der Waals surface area (Å²) in [7, 11) is 0. The molecule has 0 atom stereocenters. The lowest BCUT2D eigenvalue weighted by Gasteiger charge is -2.13. The summed E-state index contributed by atoms with van der Waals surface area (Å²) in [5, 5.41) is 19.6. The van der Waals surface area contributed by atoms with Gasteiger partial charge in [-0.2, -0.15) is 0 Å². The van der Waals surface area contributed by atoms with Gasteiger partial charge in [-0.25, -0.2) is 4.79 Å². The highest BCUT2D eigenvalue weighted by molar-refractivity contribution is 5.90. The quantitative estimate of drug-likeness (QED) is 0.495. The molecule has 0 spiro atoms. The van der Waals surface area contributed by atoms with Gasteiger partial charge in [-0.3, -0.25) is 10.1 Å². The number of rotatable bonds is 6. The number of hydrogen-bond donors (Lipinski definition) is 3. The van der Waals surface area contributed by atoms with Gasteiger partial charge in [0.2, 0.25) is 0 Å². The van der Waals surface area contributed by atoms with Gasteiger partial charge in [0.25, 0.3) is 5.69 Å². The zero-order chi connectivity index (χ0) is 13.7. The van der Waals surface area contributed by atoms with Crippen molar-refractivity contribution in [2.24, 2.45) is 17.4 Å². The second-order valence-electron chi connectivity index (χ2n) is 3.95. The maximum Gasteiger partial charge on any atom is 0.336 e. The lowest BCUT2D eigenvalue weighted by Crippen LogP contribution is -2.25. The first-order valence-corrected chi connectivity index (χ1v) is 5.40. The molecule has 0 saturated carbocycles. The fourth-order valence-corrected chi connectivity index (χ4v) is 1.63. The fourth-order valence-electron chi connectivity index (χ4n) is 1.63. The molecule has 0 saturated heterocycles. The molecule has 18 heavy (non-hydrogen) atoms. The molecular weight excluding hydrogens is 238 g/mol. The Bertz CT molecular complexity index is 458. The maximum absolute atomic E-state index is 11.1. The van der Waals surface area contributed by atoms with Crippen molar-refractivity contribution in [2.45, 2.75) is 6.42 Å². The van der Waals surface area contributed by atoms with Gasteiger partial charge >= 0.3 is 5.97 Å². The van der Waals surface area contributed by atoms with Crippen molar-refractivity contribution in [3.63, 3.8) is 0 Å². The van der Waals surface area contributed by atoms with Crippen LogP contribution in [0.5, 0.6) is 0 Å². The number of non-ortho nitro benzene ring substituents is 1. The smallest absolute Gasteiger partial charge is 0.336 e. The monoisotopic (exact) mass is 253 g/mol. The van der Waals surface area contributed by atoms with Crippen molar-refractivity contribution in [1.82, 2.24) is 0 Å². The van der Waals surface area contributed by atoms with E-state index in [1.807, 2.05) is 0 Å². The zero-order valence-electron chi connectivity index (χ0n) is 9.70. The number of hydrogen-bond acceptors (Lipinski definition) is 5. The van der Waals surface area contributed by atoms with E-state index in [0.717, 1.165) is 6.07 Å². The predicted molar refractivity (Wildman–Crippen MR) is 65.4 cm³/mol. The van der Waals surface area contributed by atoms with E-state index < -0.39 is 10.9 Å². The second kappa shape index (κ2) is 6.08. The molecule has 0 fully saturated rings. The van der Waals surface area contributed by atoms with Crippen LogP contribution in [-0.2, 0) is 6.42 Å². The van der Waals surface area contributed by atoms with E-state index in [-0.39, 0.29) is 17.2 Å². The number of nitrogens with two attached hydrogens (primary N) is 2. The van der Waals surface area contributed by atoms with Crippen LogP contribution < -0.4 is 11.5 Å². The molecule has 0 unspecified atom stereocenters. The highest BCUT2D eigenvalue weighted by atomic mass is 16.6. The Hall–Kier alpha value is -1.99. The largest absolute Gasteiger partial charge is 0.478 e. The molecule has 0 aliphatic rings. The highest BCUT2D eigenvalue weighted by Crippen LogP contribution is 2.20. The van der Waals surface area contributed by atoms with Crippen LogP contribution in [0.1, 0.15) is 15.9 Å². The van der Waals surface area contributed by atoms with Crippen LogP contribution in [0.4, 0.5) is 5.69 Å². The van der Waals surface area contributed by atoms with E-state index in [4.69, 9.17) is 16.6 Å². The lowest BCUT2D eigenvalue weighted by atomic mass is 9.95. The normalized spacial score (nSPS) is 10.6. The first-order chi connectivity index (χ1) is 8.49. The van der Waals surface area contributed by atoms with Crippen molar-refractivity contribution >= 4 is 11.7 Å². The minimum Gasteiger partial charge on any atom is -0.478 e. The Morgan fingerprint density at radius 1 is 1.39 bits per heavy atom. The summed E-state index contributed by atoms with van der Waals surface area (Å²) < 4.78 is 0. The molecule has 98 valence electrons. The first kappa shape index (κ1) is 14.1. The van der Waals surface area contributed by atoms with Crippen LogP contribution in [0, 0.1) is 16.0 Å². The van der Waals surface area contributed by atoms with Crippen molar-refractivity contribution in [1.29, 1.82) is 0 Å². The standard InChI is InChI=1S/C11H15N3O4/c12-5-7(6-13)3-8-1-2-9(14(17)18)4-10(8)11(15)16/h1-2,4,7H,3,5-6,12-13H2,(H,15,16). The van der Waals surface area contributed by atoms with Crippen molar-refractivity contribution in [3.05, 3.63) is 39.4 Å². The summed E-state index contributed by atoms with van der Waals surface area (Å²) in [5.74, 6) is -1.23. The van der Waals surface area contributed by atoms with E-state index >= 15 is 0 Å². The van der Waals surface area contributed by atoms with Gasteiger partial charge in [0.15, 0.2) is 0 Å². The molecule has 0 bridgehead atoms. The Kier molecular flexibility index (Phi) is 4.75. The van der Waals surface area contributed by atoms with Crippen molar-refractivity contribution < 1.29 is 14.8 Å². The molecule has 0 radical (unpaired) electrons. The van der Waals surface area contributed by atoms with E-state index in [1.165, 1.54) is 12.1 Å². The summed E-state index contributed by atoms with van der Waals surface area (Å²) >= 11 is 0. The summed E-state index contributed by atoms with van der Waals surface area (Å²) in [6.45, 7) is 0.680. The second-order valence-corrected chi connectivity index (χ2v) is 3.95. The summed E-state index contributed by atoms with van der Waals surface area (Å²) in [6.07, 6.45) is 0.395. The Labute approximate surface area is 104 Å². The van der Waals surface area contributed by atoms with Crippen molar-refractivity contribution in [2.75, 3.05) is 13.1 Å². The first-order valence-electron chi connectivity index (χ1n) is 5.40. The molecule has 1 aromatic rings. The highest BCUT2D eigenvalue weighted by Gasteiger charge is 2.17. The maximum atomic E-state index is 11.1. The zero-order valence-corrected chi connectivity index (χ0v) is 9.70. The van der Waals surface area contributed by atoms with Crippen LogP contribution in [0.2, 0.25) is 0 Å². The number of nitrogens with zero attached hydrogens (tertiary/aromatic N) is 1. The Morgan fingerprint density at radius 3 is 2.44 bits per heavy atom. The van der Waals surface area contributed by atoms with Gasteiger partial charge in [0.1, 0.15) is 0 Å². The third kappa shape index (κ3) is 3.25. The van der Waals surface area contributed by atoms with E-state index in [9.17, 15) is 14.9 Å². The number of carboxylic acid groups (broad SMARTS) is 1. The molecule has 5 N–H and O–H groups in total. The minimum absolute atomic E-state index is 0.0374. The topological polar surface area (TPSA) is 132 Å². The van der Waals surface area contributed by atoms with Crippen molar-refractivity contribution in [3.8, 4) is 0 Å². The molecule has 7 nitrogen and oxygen atoms in total. The Balaban J connectivity index is 3.11. The molecular formula is C11H15N3O4. The molecule has 1 aromatic carbocycles. The van der Waals surface area contributed by atoms with Gasteiger partial charge in [-0.05, 0) is 31.0 Å². The Morgan fingerprint density at radius 2 is 2.00 bits per heavy atom. The van der Waals surface area contributed by atoms with E-state index in [1.54, 1.807) is 0 Å². The van der Waals surface area contributed by atoms with Crippen LogP contribution in [0.15, 0.2) is 18.2 Å². The molecule has 0 amide bonds. The van der Waals surface area contributed by atoms with E-state index in [0.29, 0.717) is 25.1 Å². The number of carboxylic acids is 1. The van der Waals surface area contributed by atoms with Crippen LogP contribution in [0.3, 0.4) is 0 Å². The number of nitro benzene ring substituents is 1. The average molecular weight is 253 g/mol. The van der Waals surface area contributed by atoms with Gasteiger partial charge < -0.3 is 16.6 Å². The van der Waals surface area contributed by atoms with Crippen LogP contribution in [0.25, 0.3) is 0 Å². The summed E-state index contributed by atoms with van der Waals surface area (Å²) in [5.41, 5.74) is 11.2. The predicted octanol–water partition coefficient (Wildman–Crippen LogP) is 0.369.